The molecule has 1 fully saturated rings. The lowest BCUT2D eigenvalue weighted by Gasteiger charge is -2.34. The van der Waals surface area contributed by atoms with Gasteiger partial charge in [-0.3, -0.25) is 0 Å². The molecule has 1 saturated heterocycles. The Hall–Kier alpha value is -1.97. The largest absolute Gasteiger partial charge is 0.322 e. The van der Waals surface area contributed by atoms with Gasteiger partial charge in [0.15, 0.2) is 0 Å². The Balaban J connectivity index is 1.64. The second-order valence-corrected chi connectivity index (χ2v) is 8.61. The summed E-state index contributed by atoms with van der Waals surface area (Å²) < 4.78 is 41.0. The first-order valence-corrected chi connectivity index (χ1v) is 10.2. The van der Waals surface area contributed by atoms with Crippen molar-refractivity contribution in [2.24, 2.45) is 0 Å². The fourth-order valence-corrected chi connectivity index (χ4v) is 4.68. The van der Waals surface area contributed by atoms with E-state index in [0.717, 1.165) is 0 Å². The fraction of sp³-hybridized carbons (Fsp3) is 0.235. The molecule has 1 N–H and O–H groups in total. The maximum Gasteiger partial charge on any atom is 0.322 e. The maximum atomic E-state index is 13.6. The van der Waals surface area contributed by atoms with E-state index in [1.807, 2.05) is 0 Å². The third kappa shape index (κ3) is 4.05. The molecule has 2 aromatic rings. The van der Waals surface area contributed by atoms with Gasteiger partial charge in [-0.05, 0) is 30.3 Å². The highest BCUT2D eigenvalue weighted by atomic mass is 79.9. The summed E-state index contributed by atoms with van der Waals surface area (Å²) in [6.45, 7) is 0.820. The minimum atomic E-state index is -3.61. The van der Waals surface area contributed by atoms with E-state index in [1.165, 1.54) is 33.5 Å². The molecule has 1 aliphatic rings. The quantitative estimate of drug-likeness (QED) is 0.795. The number of anilines is 1. The van der Waals surface area contributed by atoms with Crippen LogP contribution in [0.25, 0.3) is 0 Å². The van der Waals surface area contributed by atoms with Crippen LogP contribution < -0.4 is 5.32 Å². The normalized spacial score (nSPS) is 15.7. The summed E-state index contributed by atoms with van der Waals surface area (Å²) >= 11 is 3.27. The van der Waals surface area contributed by atoms with Gasteiger partial charge in [0, 0.05) is 30.7 Å². The number of carbonyl (C=O) groups excluding carboxylic acids is 1. The molecular formula is C17H17BrFN3O3S. The molecule has 0 saturated carbocycles. The van der Waals surface area contributed by atoms with Crippen LogP contribution in [0.4, 0.5) is 14.9 Å². The van der Waals surface area contributed by atoms with E-state index in [0.29, 0.717) is 4.47 Å². The van der Waals surface area contributed by atoms with E-state index in [4.69, 9.17) is 0 Å². The van der Waals surface area contributed by atoms with Gasteiger partial charge in [0.25, 0.3) is 0 Å². The third-order valence-corrected chi connectivity index (χ3v) is 6.46. The number of benzene rings is 2. The second kappa shape index (κ2) is 7.73. The first-order chi connectivity index (χ1) is 12.4. The standard InChI is InChI=1S/C17H17BrFN3O3S/c18-13-4-3-5-14(12-13)26(24,25)22-10-8-21(9-11-22)17(23)20-16-7-2-1-6-15(16)19/h1-7,12H,8-11H2,(H,20,23). The number of carbonyl (C=O) groups is 1. The second-order valence-electron chi connectivity index (χ2n) is 5.76. The highest BCUT2D eigenvalue weighted by Gasteiger charge is 2.30. The van der Waals surface area contributed by atoms with E-state index in [-0.39, 0.29) is 36.8 Å². The maximum absolute atomic E-state index is 13.6. The number of amides is 2. The lowest BCUT2D eigenvalue weighted by molar-refractivity contribution is 0.184. The highest BCUT2D eigenvalue weighted by molar-refractivity contribution is 9.10. The van der Waals surface area contributed by atoms with Crippen LogP contribution in [0.5, 0.6) is 0 Å². The van der Waals surface area contributed by atoms with E-state index in [1.54, 1.807) is 24.3 Å². The van der Waals surface area contributed by atoms with Crippen molar-refractivity contribution in [1.82, 2.24) is 9.21 Å². The van der Waals surface area contributed by atoms with Gasteiger partial charge in [0.1, 0.15) is 5.82 Å². The number of piperazine rings is 1. The predicted molar refractivity (Wildman–Crippen MR) is 99.9 cm³/mol. The van der Waals surface area contributed by atoms with Crippen LogP contribution in [-0.4, -0.2) is 49.8 Å². The van der Waals surface area contributed by atoms with Crippen LogP contribution in [0.1, 0.15) is 0 Å². The Morgan fingerprint density at radius 3 is 2.38 bits per heavy atom. The lowest BCUT2D eigenvalue weighted by atomic mass is 10.3. The SMILES string of the molecule is O=C(Nc1ccccc1F)N1CCN(S(=O)(=O)c2cccc(Br)c2)CC1. The fourth-order valence-electron chi connectivity index (χ4n) is 2.66. The van der Waals surface area contributed by atoms with Gasteiger partial charge in [0.2, 0.25) is 10.0 Å². The van der Waals surface area contributed by atoms with E-state index in [9.17, 15) is 17.6 Å². The Labute approximate surface area is 159 Å². The molecule has 0 aromatic heterocycles. The van der Waals surface area contributed by atoms with Crippen LogP contribution in [0.3, 0.4) is 0 Å². The first kappa shape index (κ1) is 18.8. The molecule has 0 unspecified atom stereocenters. The van der Waals surface area contributed by atoms with Crippen LogP contribution in [0.2, 0.25) is 0 Å². The molecule has 0 atom stereocenters. The van der Waals surface area contributed by atoms with Crippen molar-refractivity contribution in [3.05, 3.63) is 58.8 Å². The molecule has 6 nitrogen and oxygen atoms in total. The zero-order chi connectivity index (χ0) is 18.7. The summed E-state index contributed by atoms with van der Waals surface area (Å²) in [4.78, 5) is 13.9. The molecule has 9 heteroatoms. The molecule has 0 bridgehead atoms. The van der Waals surface area contributed by atoms with E-state index < -0.39 is 21.9 Å². The van der Waals surface area contributed by atoms with E-state index >= 15 is 0 Å². The molecule has 138 valence electrons. The molecular weight excluding hydrogens is 425 g/mol. The van der Waals surface area contributed by atoms with Crippen molar-refractivity contribution < 1.29 is 17.6 Å². The van der Waals surface area contributed by atoms with Crippen molar-refractivity contribution in [1.29, 1.82) is 0 Å². The smallest absolute Gasteiger partial charge is 0.322 e. The zero-order valence-electron chi connectivity index (χ0n) is 13.7. The third-order valence-electron chi connectivity index (χ3n) is 4.08. The lowest BCUT2D eigenvalue weighted by Crippen LogP contribution is -2.51. The molecule has 1 heterocycles. The minimum absolute atomic E-state index is 0.0988. The van der Waals surface area contributed by atoms with Crippen molar-refractivity contribution in [3.8, 4) is 0 Å². The summed E-state index contributed by atoms with van der Waals surface area (Å²) in [6.07, 6.45) is 0. The molecule has 1 aliphatic heterocycles. The summed E-state index contributed by atoms with van der Waals surface area (Å²) in [5.74, 6) is -0.517. The van der Waals surface area contributed by atoms with Gasteiger partial charge in [0.05, 0.1) is 10.6 Å². The van der Waals surface area contributed by atoms with Gasteiger partial charge in [-0.25, -0.2) is 17.6 Å². The summed E-state index contributed by atoms with van der Waals surface area (Å²) in [6, 6.07) is 12.0. The summed E-state index contributed by atoms with van der Waals surface area (Å²) in [7, 11) is -3.61. The highest BCUT2D eigenvalue weighted by Crippen LogP contribution is 2.21. The number of halogens is 2. The van der Waals surface area contributed by atoms with Crippen molar-refractivity contribution in [2.75, 3.05) is 31.5 Å². The summed E-state index contributed by atoms with van der Waals surface area (Å²) in [5.41, 5.74) is 0.0988. The van der Waals surface area contributed by atoms with Crippen molar-refractivity contribution >= 4 is 37.7 Å². The minimum Gasteiger partial charge on any atom is -0.322 e. The van der Waals surface area contributed by atoms with E-state index in [2.05, 4.69) is 21.2 Å². The van der Waals surface area contributed by atoms with Gasteiger partial charge in [-0.2, -0.15) is 4.31 Å². The van der Waals surface area contributed by atoms with Crippen LogP contribution >= 0.6 is 15.9 Å². The average Bonchev–Trinajstić information content (AvgIpc) is 2.63. The Morgan fingerprint density at radius 1 is 1.04 bits per heavy atom. The number of sulfonamides is 1. The van der Waals surface area contributed by atoms with Crippen LogP contribution in [0.15, 0.2) is 57.9 Å². The number of nitrogens with one attached hydrogen (secondary N) is 1. The number of para-hydroxylation sites is 1. The number of rotatable bonds is 3. The van der Waals surface area contributed by atoms with Gasteiger partial charge >= 0.3 is 6.03 Å². The van der Waals surface area contributed by atoms with Crippen LogP contribution in [0, 0.1) is 5.82 Å². The molecule has 2 amide bonds. The Bertz CT molecular complexity index is 915. The Kier molecular flexibility index (Phi) is 5.59. The molecule has 0 radical (unpaired) electrons. The number of nitrogens with zero attached hydrogens (tertiary/aromatic N) is 2. The topological polar surface area (TPSA) is 69.7 Å². The van der Waals surface area contributed by atoms with Crippen molar-refractivity contribution in [2.45, 2.75) is 4.90 Å². The average molecular weight is 442 g/mol. The summed E-state index contributed by atoms with van der Waals surface area (Å²) in [5, 5.41) is 2.51. The molecule has 0 aliphatic carbocycles. The van der Waals surface area contributed by atoms with Gasteiger partial charge < -0.3 is 10.2 Å². The first-order valence-electron chi connectivity index (χ1n) is 7.94. The predicted octanol–water partition coefficient (Wildman–Crippen LogP) is 3.13. The molecule has 3 rings (SSSR count). The monoisotopic (exact) mass is 441 g/mol. The van der Waals surface area contributed by atoms with Crippen molar-refractivity contribution in [3.63, 3.8) is 0 Å². The number of hydrogen-bond donors (Lipinski definition) is 1. The Morgan fingerprint density at radius 2 is 1.73 bits per heavy atom. The molecule has 26 heavy (non-hydrogen) atoms. The number of urea groups is 1. The zero-order valence-corrected chi connectivity index (χ0v) is 16.1. The van der Waals surface area contributed by atoms with Crippen LogP contribution in [-0.2, 0) is 10.0 Å². The molecule has 2 aromatic carbocycles. The van der Waals surface area contributed by atoms with Gasteiger partial charge in [-0.15, -0.1) is 0 Å². The molecule has 0 spiro atoms. The van der Waals surface area contributed by atoms with Gasteiger partial charge in [-0.1, -0.05) is 34.1 Å². The number of hydrogen-bond acceptors (Lipinski definition) is 3.